The van der Waals surface area contributed by atoms with Crippen LogP contribution in [0.5, 0.6) is 0 Å². The first kappa shape index (κ1) is 6.47. The van der Waals surface area contributed by atoms with Crippen molar-refractivity contribution >= 4 is 12.2 Å². The van der Waals surface area contributed by atoms with Crippen LogP contribution >= 0.6 is 0 Å². The third kappa shape index (κ3) is 1.41. The first-order valence-electron chi connectivity index (χ1n) is 2.58. The summed E-state index contributed by atoms with van der Waals surface area (Å²) in [5.41, 5.74) is 5.80. The van der Waals surface area contributed by atoms with E-state index in [1.807, 2.05) is 0 Å². The number of hydrogen-bond acceptors (Lipinski definition) is 5. The molecule has 0 amide bonds. The lowest BCUT2D eigenvalue weighted by Gasteiger charge is -1.89. The van der Waals surface area contributed by atoms with Gasteiger partial charge in [0.25, 0.3) is 0 Å². The van der Waals surface area contributed by atoms with E-state index in [-0.39, 0.29) is 5.95 Å². The molecule has 0 radical (unpaired) electrons. The molecule has 0 aromatic carbocycles. The van der Waals surface area contributed by atoms with Gasteiger partial charge in [0.2, 0.25) is 5.95 Å². The predicted octanol–water partition coefficient (Wildman–Crippen LogP) is -0.133. The Morgan fingerprint density at radius 2 is 2.10 bits per heavy atom. The Morgan fingerprint density at radius 1 is 1.50 bits per heavy atom. The minimum Gasteiger partial charge on any atom is -0.411 e. The zero-order valence-electron chi connectivity index (χ0n) is 5.10. The topological polar surface area (TPSA) is 84.4 Å². The van der Waals surface area contributed by atoms with Crippen molar-refractivity contribution in [1.29, 1.82) is 0 Å². The Labute approximate surface area is 57.2 Å². The van der Waals surface area contributed by atoms with Gasteiger partial charge in [-0.1, -0.05) is 5.16 Å². The van der Waals surface area contributed by atoms with Crippen molar-refractivity contribution in [2.75, 3.05) is 5.73 Å². The molecule has 5 nitrogen and oxygen atoms in total. The second kappa shape index (κ2) is 2.77. The Kier molecular flexibility index (Phi) is 1.79. The normalized spacial score (nSPS) is 10.4. The van der Waals surface area contributed by atoms with Crippen molar-refractivity contribution < 1.29 is 5.21 Å². The average Bonchev–Trinajstić information content (AvgIpc) is 1.95. The van der Waals surface area contributed by atoms with Crippen molar-refractivity contribution in [3.05, 3.63) is 18.0 Å². The van der Waals surface area contributed by atoms with Gasteiger partial charge in [-0.2, -0.15) is 0 Å². The van der Waals surface area contributed by atoms with E-state index in [0.29, 0.717) is 5.56 Å². The molecule has 10 heavy (non-hydrogen) atoms. The first-order valence-corrected chi connectivity index (χ1v) is 2.58. The van der Waals surface area contributed by atoms with Gasteiger partial charge in [0.1, 0.15) is 0 Å². The molecule has 0 saturated heterocycles. The third-order valence-corrected chi connectivity index (χ3v) is 0.899. The molecule has 0 aliphatic rings. The van der Waals surface area contributed by atoms with E-state index in [4.69, 9.17) is 10.9 Å². The molecule has 0 unspecified atom stereocenters. The molecule has 1 aromatic heterocycles. The highest BCUT2D eigenvalue weighted by Gasteiger charge is 1.88. The molecule has 0 aliphatic carbocycles. The number of anilines is 1. The smallest absolute Gasteiger partial charge is 0.219 e. The molecule has 0 fully saturated rings. The number of rotatable bonds is 1. The summed E-state index contributed by atoms with van der Waals surface area (Å²) in [6, 6.07) is 0. The van der Waals surface area contributed by atoms with Crippen LogP contribution in [0.15, 0.2) is 17.5 Å². The van der Waals surface area contributed by atoms with Crippen LogP contribution in [0.2, 0.25) is 0 Å². The Morgan fingerprint density at radius 3 is 2.60 bits per heavy atom. The Bertz CT molecular complexity index is 230. The lowest BCUT2D eigenvalue weighted by atomic mass is 10.4. The molecular formula is C5H6N4O. The van der Waals surface area contributed by atoms with Crippen molar-refractivity contribution in [3.8, 4) is 0 Å². The average molecular weight is 138 g/mol. The molecule has 0 spiro atoms. The fourth-order valence-electron chi connectivity index (χ4n) is 0.481. The van der Waals surface area contributed by atoms with Gasteiger partial charge in [0.05, 0.1) is 6.21 Å². The molecule has 1 rings (SSSR count). The van der Waals surface area contributed by atoms with Crippen LogP contribution in [0.25, 0.3) is 0 Å². The summed E-state index contributed by atoms with van der Waals surface area (Å²) < 4.78 is 0. The van der Waals surface area contributed by atoms with Crippen LogP contribution in [0.4, 0.5) is 5.95 Å². The quantitative estimate of drug-likeness (QED) is 0.321. The molecule has 0 saturated carbocycles. The number of oxime groups is 1. The molecule has 1 heterocycles. The van der Waals surface area contributed by atoms with E-state index >= 15 is 0 Å². The Hall–Kier alpha value is -1.65. The minimum absolute atomic E-state index is 0.204. The summed E-state index contributed by atoms with van der Waals surface area (Å²) in [6.45, 7) is 0. The van der Waals surface area contributed by atoms with Crippen LogP contribution in [0, 0.1) is 0 Å². The lowest BCUT2D eigenvalue weighted by Crippen LogP contribution is -1.94. The highest BCUT2D eigenvalue weighted by atomic mass is 16.4. The van der Waals surface area contributed by atoms with Crippen LogP contribution < -0.4 is 5.73 Å². The monoisotopic (exact) mass is 138 g/mol. The summed E-state index contributed by atoms with van der Waals surface area (Å²) in [5, 5.41) is 10.9. The molecule has 0 atom stereocenters. The zero-order chi connectivity index (χ0) is 7.40. The fraction of sp³-hybridized carbons (Fsp3) is 0. The molecule has 0 aliphatic heterocycles. The highest BCUT2D eigenvalue weighted by molar-refractivity contribution is 5.77. The maximum atomic E-state index is 8.07. The number of nitrogens with two attached hydrogens (primary N) is 1. The van der Waals surface area contributed by atoms with Crippen LogP contribution in [0.3, 0.4) is 0 Å². The second-order valence-corrected chi connectivity index (χ2v) is 1.62. The van der Waals surface area contributed by atoms with Gasteiger partial charge in [0.15, 0.2) is 0 Å². The van der Waals surface area contributed by atoms with E-state index in [1.54, 1.807) is 0 Å². The molecule has 52 valence electrons. The van der Waals surface area contributed by atoms with Crippen molar-refractivity contribution in [1.82, 2.24) is 9.97 Å². The summed E-state index contributed by atoms with van der Waals surface area (Å²) in [5.74, 6) is 0.204. The van der Waals surface area contributed by atoms with Crippen molar-refractivity contribution in [2.24, 2.45) is 5.16 Å². The highest BCUT2D eigenvalue weighted by Crippen LogP contribution is 1.91. The SMILES string of the molecule is Nc1ncc(C=NO)cn1. The van der Waals surface area contributed by atoms with Gasteiger partial charge in [-0.15, -0.1) is 0 Å². The second-order valence-electron chi connectivity index (χ2n) is 1.62. The van der Waals surface area contributed by atoms with E-state index in [0.717, 1.165) is 0 Å². The molecule has 1 aromatic rings. The van der Waals surface area contributed by atoms with Gasteiger partial charge in [-0.25, -0.2) is 9.97 Å². The zero-order valence-corrected chi connectivity index (χ0v) is 5.10. The molecule has 0 bridgehead atoms. The summed E-state index contributed by atoms with van der Waals surface area (Å²) in [6.07, 6.45) is 4.14. The number of nitrogen functional groups attached to an aromatic ring is 1. The van der Waals surface area contributed by atoms with E-state index in [9.17, 15) is 0 Å². The van der Waals surface area contributed by atoms with Gasteiger partial charge >= 0.3 is 0 Å². The van der Waals surface area contributed by atoms with Crippen molar-refractivity contribution in [2.45, 2.75) is 0 Å². The molecular weight excluding hydrogens is 132 g/mol. The van der Waals surface area contributed by atoms with Gasteiger partial charge in [0, 0.05) is 18.0 Å². The van der Waals surface area contributed by atoms with Crippen LogP contribution in [-0.4, -0.2) is 21.4 Å². The minimum atomic E-state index is 0.204. The number of nitrogens with zero attached hydrogens (tertiary/aromatic N) is 3. The largest absolute Gasteiger partial charge is 0.411 e. The van der Waals surface area contributed by atoms with Crippen molar-refractivity contribution in [3.63, 3.8) is 0 Å². The maximum Gasteiger partial charge on any atom is 0.219 e. The first-order chi connectivity index (χ1) is 4.83. The summed E-state index contributed by atoms with van der Waals surface area (Å²) >= 11 is 0. The van der Waals surface area contributed by atoms with E-state index in [2.05, 4.69) is 15.1 Å². The Balaban J connectivity index is 2.89. The predicted molar refractivity (Wildman–Crippen MR) is 35.8 cm³/mol. The lowest BCUT2D eigenvalue weighted by molar-refractivity contribution is 0.322. The van der Waals surface area contributed by atoms with Gasteiger partial charge in [-0.3, -0.25) is 0 Å². The maximum absolute atomic E-state index is 8.07. The number of hydrogen-bond donors (Lipinski definition) is 2. The van der Waals surface area contributed by atoms with Crippen LogP contribution in [-0.2, 0) is 0 Å². The van der Waals surface area contributed by atoms with Gasteiger partial charge < -0.3 is 10.9 Å². The van der Waals surface area contributed by atoms with Crippen LogP contribution in [0.1, 0.15) is 5.56 Å². The summed E-state index contributed by atoms with van der Waals surface area (Å²) in [4.78, 5) is 7.32. The standard InChI is InChI=1S/C5H6N4O/c6-5-7-1-4(2-8-5)3-9-10/h1-3,10H,(H2,6,7,8). The van der Waals surface area contributed by atoms with Gasteiger partial charge in [-0.05, 0) is 0 Å². The van der Waals surface area contributed by atoms with E-state index in [1.165, 1.54) is 18.6 Å². The third-order valence-electron chi connectivity index (χ3n) is 0.899. The molecule has 3 N–H and O–H groups in total. The fourth-order valence-corrected chi connectivity index (χ4v) is 0.481. The number of aromatic nitrogens is 2. The molecule has 5 heteroatoms. The summed E-state index contributed by atoms with van der Waals surface area (Å²) in [7, 11) is 0. The van der Waals surface area contributed by atoms with E-state index < -0.39 is 0 Å².